The molecule has 100 valence electrons. The summed E-state index contributed by atoms with van der Waals surface area (Å²) in [6, 6.07) is 6.27. The van der Waals surface area contributed by atoms with Gasteiger partial charge in [0.15, 0.2) is 0 Å². The molecular weight excluding hydrogens is 238 g/mol. The zero-order chi connectivity index (χ0) is 13.2. The van der Waals surface area contributed by atoms with Crippen LogP contribution in [0, 0.1) is 5.92 Å². The molecule has 4 heteroatoms. The Morgan fingerprint density at radius 3 is 2.95 bits per heavy atom. The number of Topliss-reactive ketones (excluding diaryl/α,β-unsaturated/α-hetero) is 1. The predicted molar refractivity (Wildman–Crippen MR) is 76.2 cm³/mol. The van der Waals surface area contributed by atoms with Gasteiger partial charge in [0, 0.05) is 32.1 Å². The van der Waals surface area contributed by atoms with E-state index in [1.165, 1.54) is 0 Å². The van der Waals surface area contributed by atoms with Gasteiger partial charge in [-0.15, -0.1) is 0 Å². The Balaban J connectivity index is 1.63. The fourth-order valence-electron chi connectivity index (χ4n) is 2.71. The summed E-state index contributed by atoms with van der Waals surface area (Å²) in [4.78, 5) is 15.6. The van der Waals surface area contributed by atoms with Crippen LogP contribution in [0.1, 0.15) is 25.7 Å². The van der Waals surface area contributed by atoms with Gasteiger partial charge in [-0.05, 0) is 37.0 Å². The van der Waals surface area contributed by atoms with Crippen molar-refractivity contribution >= 4 is 22.5 Å². The van der Waals surface area contributed by atoms with E-state index in [0.717, 1.165) is 48.9 Å². The van der Waals surface area contributed by atoms with E-state index in [9.17, 15) is 4.79 Å². The third kappa shape index (κ3) is 2.62. The highest BCUT2D eigenvalue weighted by atomic mass is 16.1. The van der Waals surface area contributed by atoms with Gasteiger partial charge in [0.05, 0.1) is 17.4 Å². The maximum atomic E-state index is 11.2. The van der Waals surface area contributed by atoms with Crippen LogP contribution in [0.5, 0.6) is 0 Å². The van der Waals surface area contributed by atoms with Gasteiger partial charge in [0.25, 0.3) is 0 Å². The lowest BCUT2D eigenvalue weighted by atomic mass is 9.88. The van der Waals surface area contributed by atoms with Crippen LogP contribution in [0.3, 0.4) is 0 Å². The van der Waals surface area contributed by atoms with E-state index in [2.05, 4.69) is 28.5 Å². The SMILES string of the molecule is Cn1cnc2cc(NCC3CCC(=O)CC3)ccc21. The van der Waals surface area contributed by atoms with Gasteiger partial charge >= 0.3 is 0 Å². The quantitative estimate of drug-likeness (QED) is 0.919. The monoisotopic (exact) mass is 257 g/mol. The van der Waals surface area contributed by atoms with Gasteiger partial charge in [-0.3, -0.25) is 4.79 Å². The smallest absolute Gasteiger partial charge is 0.132 e. The largest absolute Gasteiger partial charge is 0.385 e. The first-order chi connectivity index (χ1) is 9.22. The Hall–Kier alpha value is -1.84. The standard InChI is InChI=1S/C15H19N3O/c1-18-10-17-14-8-12(4-7-15(14)18)16-9-11-2-5-13(19)6-3-11/h4,7-8,10-11,16H,2-3,5-6,9H2,1H3. The molecule has 1 fully saturated rings. The fourth-order valence-corrected chi connectivity index (χ4v) is 2.71. The Morgan fingerprint density at radius 2 is 2.16 bits per heavy atom. The molecule has 0 atom stereocenters. The summed E-state index contributed by atoms with van der Waals surface area (Å²) in [5.41, 5.74) is 3.28. The number of rotatable bonds is 3. The molecule has 0 aliphatic heterocycles. The van der Waals surface area contributed by atoms with Crippen LogP contribution in [-0.2, 0) is 11.8 Å². The molecule has 1 aliphatic carbocycles. The van der Waals surface area contributed by atoms with Gasteiger partial charge < -0.3 is 9.88 Å². The topological polar surface area (TPSA) is 46.9 Å². The predicted octanol–water partition coefficient (Wildman–Crippen LogP) is 2.74. The molecule has 0 amide bonds. The molecule has 0 saturated heterocycles. The Bertz CT molecular complexity index is 592. The average Bonchev–Trinajstić information content (AvgIpc) is 2.79. The van der Waals surface area contributed by atoms with Crippen molar-refractivity contribution < 1.29 is 4.79 Å². The minimum atomic E-state index is 0.422. The number of nitrogens with zero attached hydrogens (tertiary/aromatic N) is 2. The summed E-state index contributed by atoms with van der Waals surface area (Å²) >= 11 is 0. The van der Waals surface area contributed by atoms with Crippen molar-refractivity contribution in [3.63, 3.8) is 0 Å². The molecule has 19 heavy (non-hydrogen) atoms. The van der Waals surface area contributed by atoms with Crippen molar-refractivity contribution in [3.8, 4) is 0 Å². The van der Waals surface area contributed by atoms with Gasteiger partial charge in [-0.25, -0.2) is 4.98 Å². The number of ketones is 1. The zero-order valence-electron chi connectivity index (χ0n) is 11.2. The van der Waals surface area contributed by atoms with Crippen LogP contribution in [0.15, 0.2) is 24.5 Å². The molecule has 0 radical (unpaired) electrons. The summed E-state index contributed by atoms with van der Waals surface area (Å²) in [5.74, 6) is 1.04. The third-order valence-corrected chi connectivity index (χ3v) is 3.98. The first kappa shape index (κ1) is 12.2. The van der Waals surface area contributed by atoms with E-state index in [-0.39, 0.29) is 0 Å². The maximum absolute atomic E-state index is 11.2. The number of hydrogen-bond donors (Lipinski definition) is 1. The highest BCUT2D eigenvalue weighted by Crippen LogP contribution is 2.23. The second kappa shape index (κ2) is 5.03. The lowest BCUT2D eigenvalue weighted by molar-refractivity contribution is -0.120. The molecule has 1 aliphatic rings. The minimum absolute atomic E-state index is 0.422. The molecule has 0 spiro atoms. The molecular formula is C15H19N3O. The molecule has 1 heterocycles. The second-order valence-corrected chi connectivity index (χ2v) is 5.42. The van der Waals surface area contributed by atoms with Crippen molar-refractivity contribution in [1.82, 2.24) is 9.55 Å². The van der Waals surface area contributed by atoms with Gasteiger partial charge in [-0.1, -0.05) is 0 Å². The highest BCUT2D eigenvalue weighted by Gasteiger charge is 2.18. The van der Waals surface area contributed by atoms with Gasteiger partial charge in [0.2, 0.25) is 0 Å². The lowest BCUT2D eigenvalue weighted by Crippen LogP contribution is -2.20. The number of anilines is 1. The summed E-state index contributed by atoms with van der Waals surface area (Å²) in [7, 11) is 2.00. The van der Waals surface area contributed by atoms with Crippen molar-refractivity contribution in [2.75, 3.05) is 11.9 Å². The van der Waals surface area contributed by atoms with Crippen LogP contribution in [-0.4, -0.2) is 21.9 Å². The van der Waals surface area contributed by atoms with Gasteiger partial charge in [0.1, 0.15) is 5.78 Å². The number of aromatic nitrogens is 2. The molecule has 4 nitrogen and oxygen atoms in total. The molecule has 3 rings (SSSR count). The van der Waals surface area contributed by atoms with Crippen molar-refractivity contribution in [2.45, 2.75) is 25.7 Å². The summed E-state index contributed by atoms with van der Waals surface area (Å²) in [6.45, 7) is 0.950. The molecule has 1 aromatic heterocycles. The number of fused-ring (bicyclic) bond motifs is 1. The second-order valence-electron chi connectivity index (χ2n) is 5.42. The number of carbonyl (C=O) groups excluding carboxylic acids is 1. The van der Waals surface area contributed by atoms with Crippen molar-refractivity contribution in [2.24, 2.45) is 13.0 Å². The number of carbonyl (C=O) groups is 1. The molecule has 2 aromatic rings. The van der Waals surface area contributed by atoms with Crippen LogP contribution in [0.25, 0.3) is 11.0 Å². The van der Waals surface area contributed by atoms with E-state index < -0.39 is 0 Å². The third-order valence-electron chi connectivity index (χ3n) is 3.98. The Morgan fingerprint density at radius 1 is 1.37 bits per heavy atom. The Labute approximate surface area is 112 Å². The average molecular weight is 257 g/mol. The number of benzene rings is 1. The lowest BCUT2D eigenvalue weighted by Gasteiger charge is -2.21. The van der Waals surface area contributed by atoms with E-state index in [1.54, 1.807) is 0 Å². The van der Waals surface area contributed by atoms with Crippen LogP contribution < -0.4 is 5.32 Å². The first-order valence-electron chi connectivity index (χ1n) is 6.89. The molecule has 0 bridgehead atoms. The summed E-state index contributed by atoms with van der Waals surface area (Å²) < 4.78 is 2.02. The van der Waals surface area contributed by atoms with Gasteiger partial charge in [-0.2, -0.15) is 0 Å². The molecule has 0 unspecified atom stereocenters. The molecule has 1 N–H and O–H groups in total. The molecule has 1 saturated carbocycles. The van der Waals surface area contributed by atoms with Crippen LogP contribution >= 0.6 is 0 Å². The van der Waals surface area contributed by atoms with E-state index in [1.807, 2.05) is 17.9 Å². The first-order valence-corrected chi connectivity index (χ1v) is 6.89. The highest BCUT2D eigenvalue weighted by molar-refractivity contribution is 5.80. The van der Waals surface area contributed by atoms with Crippen LogP contribution in [0.4, 0.5) is 5.69 Å². The molecule has 1 aromatic carbocycles. The van der Waals surface area contributed by atoms with E-state index in [0.29, 0.717) is 11.7 Å². The normalized spacial score (nSPS) is 17.0. The summed E-state index contributed by atoms with van der Waals surface area (Å²) in [6.07, 6.45) is 5.40. The van der Waals surface area contributed by atoms with E-state index >= 15 is 0 Å². The Kier molecular flexibility index (Phi) is 3.23. The van der Waals surface area contributed by atoms with Crippen LogP contribution in [0.2, 0.25) is 0 Å². The number of imidazole rings is 1. The minimum Gasteiger partial charge on any atom is -0.385 e. The number of hydrogen-bond acceptors (Lipinski definition) is 3. The number of aryl methyl sites for hydroxylation is 1. The van der Waals surface area contributed by atoms with E-state index in [4.69, 9.17) is 0 Å². The van der Waals surface area contributed by atoms with Crippen molar-refractivity contribution in [1.29, 1.82) is 0 Å². The van der Waals surface area contributed by atoms with Crippen molar-refractivity contribution in [3.05, 3.63) is 24.5 Å². The maximum Gasteiger partial charge on any atom is 0.132 e. The summed E-state index contributed by atoms with van der Waals surface area (Å²) in [5, 5.41) is 3.47. The fraction of sp³-hybridized carbons (Fsp3) is 0.467. The number of nitrogens with one attached hydrogen (secondary N) is 1. The zero-order valence-corrected chi connectivity index (χ0v) is 11.2.